The minimum Gasteiger partial charge on any atom is -0.454 e. The first-order chi connectivity index (χ1) is 15.5. The molecule has 4 aromatic rings. The van der Waals surface area contributed by atoms with Gasteiger partial charge in [0.05, 0.1) is 11.2 Å². The lowest BCUT2D eigenvalue weighted by atomic mass is 10.2. The van der Waals surface area contributed by atoms with Gasteiger partial charge < -0.3 is 9.30 Å². The number of aromatic nitrogens is 5. The van der Waals surface area contributed by atoms with E-state index in [0.717, 1.165) is 23.7 Å². The van der Waals surface area contributed by atoms with Crippen LogP contribution in [0.4, 0.5) is 0 Å². The number of pyridine rings is 1. The molecule has 3 heterocycles. The molecule has 1 aromatic carbocycles. The third kappa shape index (κ3) is 4.22. The van der Waals surface area contributed by atoms with Crippen molar-refractivity contribution in [2.45, 2.75) is 32.9 Å². The number of benzene rings is 1. The van der Waals surface area contributed by atoms with Crippen LogP contribution in [0.15, 0.2) is 52.1 Å². The maximum atomic E-state index is 12.3. The van der Waals surface area contributed by atoms with Crippen molar-refractivity contribution in [3.63, 3.8) is 0 Å². The van der Waals surface area contributed by atoms with E-state index in [2.05, 4.69) is 15.0 Å². The number of unbranched alkanes of at least 4 members (excludes halogenated alkanes) is 1. The molecule has 0 atom stereocenters. The Balaban J connectivity index is 1.51. The van der Waals surface area contributed by atoms with Crippen LogP contribution < -0.4 is 11.2 Å². The van der Waals surface area contributed by atoms with Crippen molar-refractivity contribution in [2.24, 2.45) is 7.05 Å². The van der Waals surface area contributed by atoms with Gasteiger partial charge in [0.15, 0.2) is 11.2 Å². The third-order valence-electron chi connectivity index (χ3n) is 5.19. The van der Waals surface area contributed by atoms with Gasteiger partial charge in [-0.2, -0.15) is 0 Å². The number of aryl methyl sites for hydroxylation is 2. The molecule has 164 valence electrons. The molecule has 9 heteroatoms. The summed E-state index contributed by atoms with van der Waals surface area (Å²) >= 11 is 0. The summed E-state index contributed by atoms with van der Waals surface area (Å²) in [7, 11) is 1.65. The second-order valence-electron chi connectivity index (χ2n) is 7.39. The Labute approximate surface area is 183 Å². The topological polar surface area (TPSA) is 112 Å². The number of imidazole rings is 1. The lowest BCUT2D eigenvalue weighted by Gasteiger charge is -2.04. The predicted molar refractivity (Wildman–Crippen MR) is 121 cm³/mol. The molecule has 0 saturated heterocycles. The van der Waals surface area contributed by atoms with Crippen LogP contribution in [0.3, 0.4) is 0 Å². The van der Waals surface area contributed by atoms with E-state index in [4.69, 9.17) is 4.74 Å². The van der Waals surface area contributed by atoms with Crippen LogP contribution in [0.2, 0.25) is 0 Å². The molecule has 32 heavy (non-hydrogen) atoms. The number of nitrogens with one attached hydrogen (secondary N) is 1. The summed E-state index contributed by atoms with van der Waals surface area (Å²) in [4.78, 5) is 47.9. The summed E-state index contributed by atoms with van der Waals surface area (Å²) in [5.41, 5.74) is 1.01. The van der Waals surface area contributed by atoms with Gasteiger partial charge in [-0.05, 0) is 24.6 Å². The summed E-state index contributed by atoms with van der Waals surface area (Å²) in [6, 6.07) is 11.5. The second-order valence-corrected chi connectivity index (χ2v) is 7.39. The normalized spacial score (nSPS) is 11.6. The van der Waals surface area contributed by atoms with Crippen molar-refractivity contribution in [3.8, 4) is 0 Å². The zero-order valence-corrected chi connectivity index (χ0v) is 17.9. The molecule has 0 aliphatic heterocycles. The molecule has 0 aliphatic rings. The van der Waals surface area contributed by atoms with Crippen molar-refractivity contribution in [2.75, 3.05) is 0 Å². The number of hydrogen-bond acceptors (Lipinski definition) is 6. The number of nitrogens with zero attached hydrogens (tertiary/aromatic N) is 4. The number of rotatable bonds is 7. The minimum absolute atomic E-state index is 0.138. The van der Waals surface area contributed by atoms with Crippen LogP contribution in [-0.4, -0.2) is 30.1 Å². The number of aromatic amines is 1. The first-order valence-corrected chi connectivity index (χ1v) is 10.4. The van der Waals surface area contributed by atoms with Gasteiger partial charge in [-0.3, -0.25) is 14.3 Å². The van der Waals surface area contributed by atoms with Gasteiger partial charge in [-0.15, -0.1) is 0 Å². The SMILES string of the molecule is CCCCn1c(=O)[nH]c(=O)c2c1nc(COC(=O)/C=C/c1ccc3ccccc3n1)n2C. The molecular weight excluding hydrogens is 410 g/mol. The van der Waals surface area contributed by atoms with E-state index >= 15 is 0 Å². The van der Waals surface area contributed by atoms with E-state index in [1.807, 2.05) is 43.3 Å². The second kappa shape index (κ2) is 9.01. The lowest BCUT2D eigenvalue weighted by molar-refractivity contribution is -0.139. The van der Waals surface area contributed by atoms with E-state index in [0.29, 0.717) is 18.1 Å². The number of carbonyl (C=O) groups is 1. The molecule has 0 amide bonds. The fraction of sp³-hybridized carbons (Fsp3) is 0.261. The zero-order chi connectivity index (χ0) is 22.7. The Bertz CT molecular complexity index is 1440. The molecule has 1 N–H and O–H groups in total. The van der Waals surface area contributed by atoms with Crippen molar-refractivity contribution in [1.29, 1.82) is 0 Å². The smallest absolute Gasteiger partial charge is 0.331 e. The van der Waals surface area contributed by atoms with E-state index in [-0.39, 0.29) is 17.8 Å². The highest BCUT2D eigenvalue weighted by atomic mass is 16.5. The van der Waals surface area contributed by atoms with Crippen molar-refractivity contribution in [3.05, 3.63) is 74.8 Å². The highest BCUT2D eigenvalue weighted by molar-refractivity contribution is 5.87. The molecule has 0 bridgehead atoms. The van der Waals surface area contributed by atoms with Gasteiger partial charge in [-0.1, -0.05) is 37.6 Å². The highest BCUT2D eigenvalue weighted by Crippen LogP contribution is 2.13. The molecule has 4 rings (SSSR count). The van der Waals surface area contributed by atoms with Gasteiger partial charge in [0.25, 0.3) is 5.56 Å². The average molecular weight is 433 g/mol. The Morgan fingerprint density at radius 2 is 1.97 bits per heavy atom. The maximum absolute atomic E-state index is 12.3. The molecule has 0 spiro atoms. The number of carbonyl (C=O) groups excluding carboxylic acids is 1. The van der Waals surface area contributed by atoms with Crippen molar-refractivity contribution >= 4 is 34.1 Å². The Morgan fingerprint density at radius 3 is 2.78 bits per heavy atom. The summed E-state index contributed by atoms with van der Waals surface area (Å²) in [6.45, 7) is 2.32. The van der Waals surface area contributed by atoms with Crippen molar-refractivity contribution in [1.82, 2.24) is 24.1 Å². The van der Waals surface area contributed by atoms with Gasteiger partial charge in [0, 0.05) is 25.1 Å². The summed E-state index contributed by atoms with van der Waals surface area (Å²) in [6.07, 6.45) is 4.54. The number of esters is 1. The van der Waals surface area contributed by atoms with Crippen LogP contribution in [0.25, 0.3) is 28.1 Å². The summed E-state index contributed by atoms with van der Waals surface area (Å²) in [5, 5.41) is 1.02. The molecule has 0 aliphatic carbocycles. The molecule has 3 aromatic heterocycles. The standard InChI is InChI=1S/C23H23N5O4/c1-3-4-13-28-21-20(22(30)26-23(28)31)27(2)18(25-21)14-32-19(29)12-11-16-10-9-15-7-5-6-8-17(15)24-16/h5-12H,3-4,13-14H2,1-2H3,(H,26,30,31)/b12-11+. The first kappa shape index (κ1) is 21.2. The molecule has 0 fully saturated rings. The monoisotopic (exact) mass is 433 g/mol. The number of para-hydroxylation sites is 1. The third-order valence-corrected chi connectivity index (χ3v) is 5.19. The summed E-state index contributed by atoms with van der Waals surface area (Å²) < 4.78 is 8.28. The molecule has 0 unspecified atom stereocenters. The van der Waals surface area contributed by atoms with Gasteiger partial charge in [-0.25, -0.2) is 19.6 Å². The Morgan fingerprint density at radius 1 is 1.16 bits per heavy atom. The predicted octanol–water partition coefficient (Wildman–Crippen LogP) is 2.53. The maximum Gasteiger partial charge on any atom is 0.331 e. The molecule has 0 saturated carbocycles. The van der Waals surface area contributed by atoms with E-state index in [9.17, 15) is 14.4 Å². The highest BCUT2D eigenvalue weighted by Gasteiger charge is 2.17. The Kier molecular flexibility index (Phi) is 5.98. The van der Waals surface area contributed by atoms with Crippen LogP contribution >= 0.6 is 0 Å². The quantitative estimate of drug-likeness (QED) is 0.354. The Hall–Kier alpha value is -4.01. The molecule has 9 nitrogen and oxygen atoms in total. The molecule has 0 radical (unpaired) electrons. The first-order valence-electron chi connectivity index (χ1n) is 10.4. The van der Waals surface area contributed by atoms with E-state index < -0.39 is 17.2 Å². The number of hydrogen-bond donors (Lipinski definition) is 1. The van der Waals surface area contributed by atoms with Crippen LogP contribution in [0.1, 0.15) is 31.3 Å². The van der Waals surface area contributed by atoms with Crippen LogP contribution in [0.5, 0.6) is 0 Å². The van der Waals surface area contributed by atoms with Gasteiger partial charge in [0.1, 0.15) is 12.4 Å². The minimum atomic E-state index is -0.565. The number of ether oxygens (including phenoxy) is 1. The van der Waals surface area contributed by atoms with E-state index in [1.54, 1.807) is 13.1 Å². The average Bonchev–Trinajstić information content (AvgIpc) is 3.12. The lowest BCUT2D eigenvalue weighted by Crippen LogP contribution is -2.31. The number of fused-ring (bicyclic) bond motifs is 2. The summed E-state index contributed by atoms with van der Waals surface area (Å²) in [5.74, 6) is -0.198. The van der Waals surface area contributed by atoms with E-state index in [1.165, 1.54) is 15.2 Å². The number of H-pyrrole nitrogens is 1. The van der Waals surface area contributed by atoms with Crippen LogP contribution in [-0.2, 0) is 29.7 Å². The molecular formula is C23H23N5O4. The fourth-order valence-electron chi connectivity index (χ4n) is 3.46. The largest absolute Gasteiger partial charge is 0.454 e. The zero-order valence-electron chi connectivity index (χ0n) is 17.9. The fourth-order valence-corrected chi connectivity index (χ4v) is 3.46. The van der Waals surface area contributed by atoms with Crippen molar-refractivity contribution < 1.29 is 9.53 Å². The van der Waals surface area contributed by atoms with Crippen LogP contribution in [0, 0.1) is 0 Å². The van der Waals surface area contributed by atoms with Gasteiger partial charge in [0.2, 0.25) is 0 Å². The van der Waals surface area contributed by atoms with Gasteiger partial charge >= 0.3 is 11.7 Å².